The van der Waals surface area contributed by atoms with Crippen LogP contribution in [0.5, 0.6) is 5.88 Å². The van der Waals surface area contributed by atoms with E-state index in [4.69, 9.17) is 4.98 Å². The van der Waals surface area contributed by atoms with Gasteiger partial charge in [0, 0.05) is 27.4 Å². The number of pyridine rings is 1. The molecule has 0 aliphatic heterocycles. The van der Waals surface area contributed by atoms with Crippen LogP contribution in [-0.2, 0) is 6.54 Å². The summed E-state index contributed by atoms with van der Waals surface area (Å²) >= 11 is 3.46. The van der Waals surface area contributed by atoms with E-state index in [-0.39, 0.29) is 5.88 Å². The van der Waals surface area contributed by atoms with Crippen LogP contribution in [0.15, 0.2) is 81.4 Å². The Balaban J connectivity index is 1.63. The monoisotopic (exact) mass is 540 g/mol. The molecule has 0 saturated heterocycles. The third kappa shape index (κ3) is 4.42. The number of fused-ring (bicyclic) bond motifs is 2. The number of amides is 1. The maximum atomic E-state index is 13.4. The number of aromatic nitrogens is 2. The van der Waals surface area contributed by atoms with Crippen molar-refractivity contribution < 1.29 is 9.90 Å². The fourth-order valence-corrected chi connectivity index (χ4v) is 4.68. The highest BCUT2D eigenvalue weighted by atomic mass is 79.9. The maximum Gasteiger partial charge on any atom is 0.296 e. The van der Waals surface area contributed by atoms with Gasteiger partial charge in [-0.3, -0.25) is 4.79 Å². The number of nitrogens with zero attached hydrogens (tertiary/aromatic N) is 4. The van der Waals surface area contributed by atoms with Crippen LogP contribution in [0.25, 0.3) is 33.1 Å². The molecule has 5 aromatic rings. The van der Waals surface area contributed by atoms with Crippen LogP contribution in [0.2, 0.25) is 0 Å². The van der Waals surface area contributed by atoms with Crippen LogP contribution >= 0.6 is 15.9 Å². The van der Waals surface area contributed by atoms with Crippen LogP contribution in [0.3, 0.4) is 0 Å². The van der Waals surface area contributed by atoms with Gasteiger partial charge >= 0.3 is 0 Å². The lowest BCUT2D eigenvalue weighted by molar-refractivity contribution is 0.0996. The third-order valence-electron chi connectivity index (χ3n) is 6.19. The quantitative estimate of drug-likeness (QED) is 0.228. The predicted octanol–water partition coefficient (Wildman–Crippen LogP) is 8.28. The van der Waals surface area contributed by atoms with E-state index in [0.717, 1.165) is 38.5 Å². The molecule has 0 bridgehead atoms. The van der Waals surface area contributed by atoms with Crippen molar-refractivity contribution in [3.05, 3.63) is 87.9 Å². The Hall–Kier alpha value is -3.84. The standard InChI is InChI=1S/C29H25BrN4O2/c1-4-13-34-26-12-6-18(3)15-23(26)27(29(34)36)32-33-28(35)22-16-25(19-7-9-20(30)10-8-19)31-24-11-5-17(2)14-21(22)24/h5-12,14-16,36H,4,13H2,1-3H3. The molecule has 0 aliphatic carbocycles. The Morgan fingerprint density at radius 1 is 0.972 bits per heavy atom. The van der Waals surface area contributed by atoms with Gasteiger partial charge in [-0.15, -0.1) is 10.2 Å². The molecule has 180 valence electrons. The predicted molar refractivity (Wildman–Crippen MR) is 147 cm³/mol. The van der Waals surface area contributed by atoms with Gasteiger partial charge in [-0.05, 0) is 62.7 Å². The van der Waals surface area contributed by atoms with Crippen molar-refractivity contribution in [3.8, 4) is 17.1 Å². The molecule has 5 rings (SSSR count). The lowest BCUT2D eigenvalue weighted by atomic mass is 10.0. The zero-order chi connectivity index (χ0) is 25.4. The SMILES string of the molecule is CCCn1c(O)c(N=NC(=O)c2cc(-c3ccc(Br)cc3)nc3ccc(C)cc23)c2cc(C)ccc21. The lowest BCUT2D eigenvalue weighted by Gasteiger charge is -2.08. The third-order valence-corrected chi connectivity index (χ3v) is 6.72. The van der Waals surface area contributed by atoms with Crippen LogP contribution in [-0.4, -0.2) is 20.6 Å². The first kappa shape index (κ1) is 23.9. The summed E-state index contributed by atoms with van der Waals surface area (Å²) in [4.78, 5) is 18.2. The summed E-state index contributed by atoms with van der Waals surface area (Å²) in [6.45, 7) is 6.64. The summed E-state index contributed by atoms with van der Waals surface area (Å²) < 4.78 is 2.77. The summed E-state index contributed by atoms with van der Waals surface area (Å²) in [6.07, 6.45) is 0.849. The Labute approximate surface area is 217 Å². The van der Waals surface area contributed by atoms with Crippen molar-refractivity contribution >= 4 is 49.3 Å². The highest BCUT2D eigenvalue weighted by Gasteiger charge is 2.18. The Bertz CT molecular complexity index is 1650. The summed E-state index contributed by atoms with van der Waals surface area (Å²) in [5.74, 6) is -0.477. The van der Waals surface area contributed by atoms with E-state index in [9.17, 15) is 9.90 Å². The van der Waals surface area contributed by atoms with Gasteiger partial charge in [0.25, 0.3) is 5.91 Å². The van der Waals surface area contributed by atoms with Crippen LogP contribution in [0, 0.1) is 13.8 Å². The molecule has 3 aromatic carbocycles. The molecule has 0 unspecified atom stereocenters. The first-order chi connectivity index (χ1) is 17.4. The number of halogens is 1. The number of carbonyl (C=O) groups excluding carboxylic acids is 1. The Kier molecular flexibility index (Phi) is 6.41. The van der Waals surface area contributed by atoms with Gasteiger partial charge in [-0.2, -0.15) is 0 Å². The average molecular weight is 541 g/mol. The van der Waals surface area contributed by atoms with Gasteiger partial charge in [-0.1, -0.05) is 58.2 Å². The number of aryl methyl sites for hydroxylation is 3. The zero-order valence-electron chi connectivity index (χ0n) is 20.3. The van der Waals surface area contributed by atoms with E-state index in [2.05, 4.69) is 26.2 Å². The largest absolute Gasteiger partial charge is 0.493 e. The van der Waals surface area contributed by atoms with E-state index in [1.165, 1.54) is 0 Å². The lowest BCUT2D eigenvalue weighted by Crippen LogP contribution is -1.99. The maximum absolute atomic E-state index is 13.4. The first-order valence-electron chi connectivity index (χ1n) is 11.8. The second kappa shape index (κ2) is 9.66. The van der Waals surface area contributed by atoms with Crippen molar-refractivity contribution in [2.75, 3.05) is 0 Å². The molecule has 1 amide bonds. The zero-order valence-corrected chi connectivity index (χ0v) is 21.9. The summed E-state index contributed by atoms with van der Waals surface area (Å²) in [7, 11) is 0. The van der Waals surface area contributed by atoms with Crippen molar-refractivity contribution in [2.24, 2.45) is 10.2 Å². The smallest absolute Gasteiger partial charge is 0.296 e. The number of hydrogen-bond donors (Lipinski definition) is 1. The van der Waals surface area contributed by atoms with Crippen LogP contribution in [0.1, 0.15) is 34.8 Å². The van der Waals surface area contributed by atoms with Crippen molar-refractivity contribution in [1.82, 2.24) is 9.55 Å². The fourth-order valence-electron chi connectivity index (χ4n) is 4.42. The molecule has 0 atom stereocenters. The van der Waals surface area contributed by atoms with Crippen molar-refractivity contribution in [3.63, 3.8) is 0 Å². The number of rotatable bonds is 5. The van der Waals surface area contributed by atoms with Gasteiger partial charge in [0.15, 0.2) is 5.69 Å². The average Bonchev–Trinajstić information content (AvgIpc) is 3.12. The molecule has 7 heteroatoms. The Morgan fingerprint density at radius 2 is 1.67 bits per heavy atom. The van der Waals surface area contributed by atoms with E-state index in [1.807, 2.05) is 86.0 Å². The molecule has 0 aliphatic rings. The molecular formula is C29H25BrN4O2. The van der Waals surface area contributed by atoms with E-state index < -0.39 is 5.91 Å². The summed E-state index contributed by atoms with van der Waals surface area (Å²) in [5, 5.41) is 20.8. The number of azo groups is 1. The van der Waals surface area contributed by atoms with E-state index in [0.29, 0.717) is 34.4 Å². The highest BCUT2D eigenvalue weighted by Crippen LogP contribution is 2.39. The molecule has 2 heterocycles. The molecule has 0 saturated carbocycles. The normalized spacial score (nSPS) is 11.7. The Morgan fingerprint density at radius 3 is 2.39 bits per heavy atom. The topological polar surface area (TPSA) is 79.8 Å². The number of hydrogen-bond acceptors (Lipinski definition) is 4. The van der Waals surface area contributed by atoms with Crippen LogP contribution < -0.4 is 0 Å². The van der Waals surface area contributed by atoms with Crippen molar-refractivity contribution in [2.45, 2.75) is 33.7 Å². The van der Waals surface area contributed by atoms with Gasteiger partial charge in [-0.25, -0.2) is 4.98 Å². The molecule has 0 radical (unpaired) electrons. The van der Waals surface area contributed by atoms with Gasteiger partial charge in [0.1, 0.15) is 0 Å². The van der Waals surface area contributed by atoms with E-state index in [1.54, 1.807) is 6.07 Å². The minimum Gasteiger partial charge on any atom is -0.493 e. The second-order valence-corrected chi connectivity index (χ2v) is 9.85. The summed E-state index contributed by atoms with van der Waals surface area (Å²) in [5.41, 5.74) is 5.91. The highest BCUT2D eigenvalue weighted by molar-refractivity contribution is 9.10. The molecule has 0 fully saturated rings. The molecule has 2 aromatic heterocycles. The minimum atomic E-state index is -0.491. The number of aromatic hydroxyl groups is 1. The first-order valence-corrected chi connectivity index (χ1v) is 12.6. The molecule has 0 spiro atoms. The molecule has 6 nitrogen and oxygen atoms in total. The van der Waals surface area contributed by atoms with Crippen molar-refractivity contribution in [1.29, 1.82) is 0 Å². The van der Waals surface area contributed by atoms with Gasteiger partial charge in [0.05, 0.1) is 22.3 Å². The molecular weight excluding hydrogens is 516 g/mol. The van der Waals surface area contributed by atoms with Gasteiger partial charge < -0.3 is 9.67 Å². The second-order valence-electron chi connectivity index (χ2n) is 8.93. The number of benzene rings is 3. The fraction of sp³-hybridized carbons (Fsp3) is 0.172. The number of carbonyl (C=O) groups is 1. The van der Waals surface area contributed by atoms with Crippen LogP contribution in [0.4, 0.5) is 5.69 Å². The van der Waals surface area contributed by atoms with E-state index >= 15 is 0 Å². The van der Waals surface area contributed by atoms with Gasteiger partial charge in [0.2, 0.25) is 5.88 Å². The molecule has 36 heavy (non-hydrogen) atoms. The molecule has 1 N–H and O–H groups in total. The summed E-state index contributed by atoms with van der Waals surface area (Å²) in [6, 6.07) is 21.3. The minimum absolute atomic E-state index is 0.0139.